The van der Waals surface area contributed by atoms with Crippen LogP contribution in [0.4, 0.5) is 0 Å². The lowest BCUT2D eigenvalue weighted by Crippen LogP contribution is -2.26. The second-order valence-electron chi connectivity index (χ2n) is 10.3. The molecule has 1 heterocycles. The Hall–Kier alpha value is -3.63. The van der Waals surface area contributed by atoms with E-state index < -0.39 is 5.91 Å². The summed E-state index contributed by atoms with van der Waals surface area (Å²) in [5.41, 5.74) is 7.20. The van der Waals surface area contributed by atoms with E-state index in [0.29, 0.717) is 71.5 Å². The molecule has 0 radical (unpaired) electrons. The smallest absolute Gasteiger partial charge is 0.252 e. The number of carbonyl (C=O) groups is 4. The molecule has 2 amide bonds. The molecule has 1 aromatic heterocycles. The van der Waals surface area contributed by atoms with Crippen LogP contribution in [-0.4, -0.2) is 46.6 Å². The Bertz CT molecular complexity index is 1480. The zero-order chi connectivity index (χ0) is 30.1. The van der Waals surface area contributed by atoms with Crippen molar-refractivity contribution in [1.82, 2.24) is 10.3 Å². The lowest BCUT2D eigenvalue weighted by Gasteiger charge is -2.14. The van der Waals surface area contributed by atoms with Gasteiger partial charge in [0, 0.05) is 49.0 Å². The van der Waals surface area contributed by atoms with Crippen LogP contribution in [0, 0.1) is 5.92 Å². The normalized spacial score (nSPS) is 12.6. The van der Waals surface area contributed by atoms with E-state index >= 15 is 0 Å². The number of amides is 2. The largest absolute Gasteiger partial charge is 0.493 e. The number of benzene rings is 2. The summed E-state index contributed by atoms with van der Waals surface area (Å²) in [7, 11) is 0. The highest BCUT2D eigenvalue weighted by Gasteiger charge is 2.24. The van der Waals surface area contributed by atoms with Crippen molar-refractivity contribution in [3.8, 4) is 17.2 Å². The van der Waals surface area contributed by atoms with Crippen molar-refractivity contribution >= 4 is 57.0 Å². The van der Waals surface area contributed by atoms with E-state index in [-0.39, 0.29) is 28.1 Å². The van der Waals surface area contributed by atoms with Crippen molar-refractivity contribution in [2.24, 2.45) is 11.7 Å². The van der Waals surface area contributed by atoms with Gasteiger partial charge in [-0.25, -0.2) is 0 Å². The fourth-order valence-electron chi connectivity index (χ4n) is 4.37. The fourth-order valence-corrected chi connectivity index (χ4v) is 5.05. The monoisotopic (exact) mass is 611 g/mol. The predicted octanol–water partition coefficient (Wildman–Crippen LogP) is 5.64. The van der Waals surface area contributed by atoms with Gasteiger partial charge < -0.3 is 20.5 Å². The van der Waals surface area contributed by atoms with Crippen LogP contribution < -0.4 is 20.5 Å². The van der Waals surface area contributed by atoms with Crippen LogP contribution >= 0.6 is 23.4 Å². The van der Waals surface area contributed by atoms with Gasteiger partial charge >= 0.3 is 0 Å². The summed E-state index contributed by atoms with van der Waals surface area (Å²) >= 11 is 7.45. The summed E-state index contributed by atoms with van der Waals surface area (Å²) < 4.78 is 12.0. The Balaban J connectivity index is 1.35. The maximum Gasteiger partial charge on any atom is 0.252 e. The number of primary amides is 1. The number of fused-ring (bicyclic) bond motifs is 1. The minimum Gasteiger partial charge on any atom is -0.493 e. The zero-order valence-corrected chi connectivity index (χ0v) is 25.0. The number of unbranched alkanes of at least 4 members (excludes halogenated alkanes) is 2. The molecule has 1 fully saturated rings. The van der Waals surface area contributed by atoms with E-state index in [9.17, 15) is 19.2 Å². The molecule has 4 rings (SSSR count). The summed E-state index contributed by atoms with van der Waals surface area (Å²) in [5, 5.41) is 3.73. The van der Waals surface area contributed by atoms with Gasteiger partial charge in [-0.3, -0.25) is 24.2 Å². The third-order valence-corrected chi connectivity index (χ3v) is 7.89. The van der Waals surface area contributed by atoms with Gasteiger partial charge in [0.1, 0.15) is 23.0 Å². The van der Waals surface area contributed by atoms with Crippen molar-refractivity contribution in [3.63, 3.8) is 0 Å². The molecule has 222 valence electrons. The Kier molecular flexibility index (Phi) is 11.2. The van der Waals surface area contributed by atoms with Crippen LogP contribution in [-0.2, 0) is 20.8 Å². The minimum atomic E-state index is -0.642. The number of hydrogen-bond acceptors (Lipinski definition) is 8. The molecule has 1 saturated carbocycles. The minimum absolute atomic E-state index is 0.0889. The average Bonchev–Trinajstić information content (AvgIpc) is 3.76. The quantitative estimate of drug-likeness (QED) is 0.199. The van der Waals surface area contributed by atoms with Crippen LogP contribution in [0.25, 0.3) is 10.9 Å². The standard InChI is InChI=1S/C31H34ClN3O6S/c1-19(36)42-18-30(38)35-10-3-2-4-12-40-29-17-27-24(16-25(29)31(33)39)28(9-11-34-27)41-23-8-7-21(26(32)15-23)14-22(37)13-20-5-6-20/h7-9,11,15-17,20H,2-6,10,12-14,18H2,1H3,(H2,33,39)(H,35,38). The molecule has 42 heavy (non-hydrogen) atoms. The lowest BCUT2D eigenvalue weighted by atomic mass is 10.0. The second kappa shape index (κ2) is 15.0. The number of halogens is 1. The average molecular weight is 612 g/mol. The molecule has 0 bridgehead atoms. The highest BCUT2D eigenvalue weighted by molar-refractivity contribution is 8.14. The molecule has 0 unspecified atom stereocenters. The van der Waals surface area contributed by atoms with E-state index in [1.165, 1.54) is 6.92 Å². The first kappa shape index (κ1) is 31.3. The topological polar surface area (TPSA) is 138 Å². The highest BCUT2D eigenvalue weighted by atomic mass is 35.5. The Morgan fingerprint density at radius 2 is 1.88 bits per heavy atom. The van der Waals surface area contributed by atoms with Crippen LogP contribution in [0.1, 0.15) is 61.4 Å². The van der Waals surface area contributed by atoms with Crippen molar-refractivity contribution < 1.29 is 28.7 Å². The van der Waals surface area contributed by atoms with E-state index in [2.05, 4.69) is 10.3 Å². The molecule has 0 saturated heterocycles. The molecule has 0 spiro atoms. The third kappa shape index (κ3) is 9.46. The fraction of sp³-hybridized carbons (Fsp3) is 0.387. The van der Waals surface area contributed by atoms with Crippen molar-refractivity contribution in [2.45, 2.75) is 51.9 Å². The summed E-state index contributed by atoms with van der Waals surface area (Å²) in [6.45, 7) is 2.29. The van der Waals surface area contributed by atoms with Gasteiger partial charge in [0.05, 0.1) is 23.4 Å². The number of Topliss-reactive ketones (excluding diaryl/α,β-unsaturated/α-hetero) is 1. The second-order valence-corrected chi connectivity index (χ2v) is 11.9. The number of nitrogens with one attached hydrogen (secondary N) is 1. The van der Waals surface area contributed by atoms with E-state index in [4.69, 9.17) is 26.8 Å². The van der Waals surface area contributed by atoms with Crippen LogP contribution in [0.3, 0.4) is 0 Å². The SMILES string of the molecule is CC(=O)SCC(=O)NCCCCCOc1cc2nccc(Oc3ccc(CC(=O)CC4CC4)c(Cl)c3)c2cc1C(N)=O. The first-order valence-electron chi connectivity index (χ1n) is 13.9. The lowest BCUT2D eigenvalue weighted by molar-refractivity contribution is -0.119. The third-order valence-electron chi connectivity index (χ3n) is 6.73. The maximum atomic E-state index is 12.3. The number of thioether (sulfide) groups is 1. The van der Waals surface area contributed by atoms with Crippen LogP contribution in [0.2, 0.25) is 5.02 Å². The van der Waals surface area contributed by atoms with E-state index in [0.717, 1.165) is 43.0 Å². The molecule has 1 aliphatic rings. The van der Waals surface area contributed by atoms with Crippen molar-refractivity contribution in [2.75, 3.05) is 18.9 Å². The molecule has 2 aromatic carbocycles. The van der Waals surface area contributed by atoms with Crippen LogP contribution in [0.15, 0.2) is 42.6 Å². The number of nitrogens with zero attached hydrogens (tertiary/aromatic N) is 1. The number of aromatic nitrogens is 1. The molecular formula is C31H34ClN3O6S. The number of ether oxygens (including phenoxy) is 2. The van der Waals surface area contributed by atoms with Gasteiger partial charge in [0.2, 0.25) is 5.91 Å². The first-order valence-corrected chi connectivity index (χ1v) is 15.3. The first-order chi connectivity index (χ1) is 20.2. The van der Waals surface area contributed by atoms with Crippen LogP contribution in [0.5, 0.6) is 17.2 Å². The summed E-state index contributed by atoms with van der Waals surface area (Å²) in [6, 6.07) is 10.2. The van der Waals surface area contributed by atoms with Crippen molar-refractivity contribution in [1.29, 1.82) is 0 Å². The number of ketones is 1. The Morgan fingerprint density at radius 1 is 1.07 bits per heavy atom. The summed E-state index contributed by atoms with van der Waals surface area (Å²) in [4.78, 5) is 51.6. The number of hydrogen-bond donors (Lipinski definition) is 2. The molecule has 3 aromatic rings. The number of carbonyl (C=O) groups excluding carboxylic acids is 4. The van der Waals surface area contributed by atoms with Gasteiger partial charge in [0.15, 0.2) is 5.12 Å². The predicted molar refractivity (Wildman–Crippen MR) is 163 cm³/mol. The number of nitrogens with two attached hydrogens (primary N) is 1. The number of rotatable bonds is 16. The summed E-state index contributed by atoms with van der Waals surface area (Å²) in [5.74, 6) is 1.32. The van der Waals surface area contributed by atoms with Gasteiger partial charge in [-0.15, -0.1) is 0 Å². The number of pyridine rings is 1. The molecule has 1 aliphatic carbocycles. The molecule has 11 heteroatoms. The Morgan fingerprint density at radius 3 is 2.60 bits per heavy atom. The zero-order valence-electron chi connectivity index (χ0n) is 23.5. The molecule has 0 aliphatic heterocycles. The maximum absolute atomic E-state index is 12.3. The van der Waals surface area contributed by atoms with E-state index in [1.54, 1.807) is 42.6 Å². The van der Waals surface area contributed by atoms with Gasteiger partial charge in [-0.1, -0.05) is 29.4 Å². The van der Waals surface area contributed by atoms with Gasteiger partial charge in [-0.2, -0.15) is 0 Å². The highest BCUT2D eigenvalue weighted by Crippen LogP contribution is 2.36. The van der Waals surface area contributed by atoms with Gasteiger partial charge in [-0.05, 0) is 67.9 Å². The molecular weight excluding hydrogens is 578 g/mol. The molecule has 9 nitrogen and oxygen atoms in total. The molecule has 0 atom stereocenters. The van der Waals surface area contributed by atoms with Gasteiger partial charge in [0.25, 0.3) is 5.91 Å². The Labute approximate surface area is 253 Å². The summed E-state index contributed by atoms with van der Waals surface area (Å²) in [6.07, 6.45) is 7.02. The van der Waals surface area contributed by atoms with E-state index in [1.807, 2.05) is 0 Å². The molecule has 3 N–H and O–H groups in total. The van der Waals surface area contributed by atoms with Crippen molar-refractivity contribution in [3.05, 3.63) is 58.7 Å².